The molecule has 1 aliphatic rings. The van der Waals surface area contributed by atoms with Crippen molar-refractivity contribution in [2.75, 3.05) is 7.11 Å². The third-order valence-corrected chi connectivity index (χ3v) is 7.41. The molecule has 7 heteroatoms. The normalized spacial score (nSPS) is 13.6. The van der Waals surface area contributed by atoms with Gasteiger partial charge in [0.2, 0.25) is 0 Å². The fraction of sp³-hybridized carbons (Fsp3) is 0.200. The number of rotatable bonds is 6. The Morgan fingerprint density at radius 1 is 0.905 bits per heavy atom. The van der Waals surface area contributed by atoms with E-state index in [0.717, 1.165) is 44.6 Å². The number of methoxy groups -OCH3 is 1. The van der Waals surface area contributed by atoms with E-state index in [9.17, 15) is 9.59 Å². The molecule has 0 saturated carbocycles. The molecule has 212 valence electrons. The van der Waals surface area contributed by atoms with Crippen molar-refractivity contribution in [1.29, 1.82) is 0 Å². The molecule has 0 radical (unpaired) electrons. The van der Waals surface area contributed by atoms with Crippen LogP contribution in [0.1, 0.15) is 54.0 Å². The number of fused-ring (bicyclic) bond motifs is 2. The molecule has 4 aromatic carbocycles. The summed E-state index contributed by atoms with van der Waals surface area (Å²) in [6, 6.07) is 31.0. The molecule has 1 aliphatic heterocycles. The molecule has 1 aromatic heterocycles. The van der Waals surface area contributed by atoms with Crippen LogP contribution < -0.4 is 14.8 Å². The van der Waals surface area contributed by atoms with E-state index in [0.29, 0.717) is 17.9 Å². The Labute approximate surface area is 245 Å². The molecule has 1 atom stereocenters. The highest BCUT2D eigenvalue weighted by Gasteiger charge is 2.36. The lowest BCUT2D eigenvalue weighted by molar-refractivity contribution is 0.0726. The number of carbonyl (C=O) groups is 2. The number of aromatic amines is 1. The van der Waals surface area contributed by atoms with E-state index in [1.807, 2.05) is 98.5 Å². The summed E-state index contributed by atoms with van der Waals surface area (Å²) >= 11 is 0. The van der Waals surface area contributed by atoms with Crippen molar-refractivity contribution in [1.82, 2.24) is 15.2 Å². The Balaban J connectivity index is 1.30. The number of amides is 2. The Morgan fingerprint density at radius 3 is 2.36 bits per heavy atom. The molecule has 2 amide bonds. The molecule has 2 heterocycles. The average Bonchev–Trinajstić information content (AvgIpc) is 3.54. The van der Waals surface area contributed by atoms with Crippen molar-refractivity contribution in [3.63, 3.8) is 0 Å². The minimum Gasteiger partial charge on any atom is -0.496 e. The van der Waals surface area contributed by atoms with Crippen LogP contribution in [0.25, 0.3) is 22.0 Å². The molecule has 42 heavy (non-hydrogen) atoms. The second-order valence-corrected chi connectivity index (χ2v) is 11.6. The van der Waals surface area contributed by atoms with Gasteiger partial charge in [0.1, 0.15) is 17.5 Å². The van der Waals surface area contributed by atoms with Crippen molar-refractivity contribution in [2.24, 2.45) is 0 Å². The number of para-hydroxylation sites is 2. The molecule has 7 nitrogen and oxygen atoms in total. The third kappa shape index (κ3) is 5.33. The monoisotopic (exact) mass is 559 g/mol. The Morgan fingerprint density at radius 2 is 1.62 bits per heavy atom. The topological polar surface area (TPSA) is 83.7 Å². The van der Waals surface area contributed by atoms with Crippen molar-refractivity contribution in [3.05, 3.63) is 119 Å². The van der Waals surface area contributed by atoms with E-state index in [2.05, 4.69) is 22.4 Å². The summed E-state index contributed by atoms with van der Waals surface area (Å²) in [5.41, 5.74) is 5.95. The maximum Gasteiger partial charge on any atom is 0.413 e. The smallest absolute Gasteiger partial charge is 0.413 e. The minimum absolute atomic E-state index is 0.0415. The highest BCUT2D eigenvalue weighted by molar-refractivity contribution is 6.00. The predicted molar refractivity (Wildman–Crippen MR) is 164 cm³/mol. The molecule has 2 N–H and O–H groups in total. The molecule has 0 unspecified atom stereocenters. The number of ether oxygens (including phenoxy) is 2. The number of hydrogen-bond acceptors (Lipinski definition) is 4. The lowest BCUT2D eigenvalue weighted by Crippen LogP contribution is -2.42. The van der Waals surface area contributed by atoms with Gasteiger partial charge in [0.15, 0.2) is 0 Å². The van der Waals surface area contributed by atoms with Crippen LogP contribution in [0, 0.1) is 0 Å². The van der Waals surface area contributed by atoms with Gasteiger partial charge >= 0.3 is 6.09 Å². The first-order valence-electron chi connectivity index (χ1n) is 13.9. The lowest BCUT2D eigenvalue weighted by Gasteiger charge is -2.29. The summed E-state index contributed by atoms with van der Waals surface area (Å²) in [7, 11) is 1.65. The summed E-state index contributed by atoms with van der Waals surface area (Å²) in [5, 5.41) is 3.87. The van der Waals surface area contributed by atoms with Crippen LogP contribution in [0.3, 0.4) is 0 Å². The van der Waals surface area contributed by atoms with Gasteiger partial charge in [0.05, 0.1) is 7.11 Å². The summed E-state index contributed by atoms with van der Waals surface area (Å²) in [6.07, 6.45) is -0.502. The Hall–Kier alpha value is -5.04. The van der Waals surface area contributed by atoms with Gasteiger partial charge in [0.25, 0.3) is 5.91 Å². The van der Waals surface area contributed by atoms with Gasteiger partial charge in [-0.1, -0.05) is 60.7 Å². The van der Waals surface area contributed by atoms with Gasteiger partial charge in [-0.25, -0.2) is 4.79 Å². The molecule has 0 bridgehead atoms. The Bertz CT molecular complexity index is 1750. The third-order valence-electron chi connectivity index (χ3n) is 7.41. The largest absolute Gasteiger partial charge is 0.496 e. The van der Waals surface area contributed by atoms with E-state index >= 15 is 0 Å². The quantitative estimate of drug-likeness (QED) is 0.226. The van der Waals surface area contributed by atoms with Gasteiger partial charge in [-0.15, -0.1) is 0 Å². The molecule has 0 saturated heterocycles. The van der Waals surface area contributed by atoms with Gasteiger partial charge in [-0.05, 0) is 79.2 Å². The number of benzene rings is 4. The van der Waals surface area contributed by atoms with Crippen molar-refractivity contribution in [3.8, 4) is 22.6 Å². The molecule has 0 spiro atoms. The van der Waals surface area contributed by atoms with Gasteiger partial charge in [-0.2, -0.15) is 0 Å². The number of H-pyrrole nitrogens is 1. The summed E-state index contributed by atoms with van der Waals surface area (Å²) < 4.78 is 11.2. The molecular weight excluding hydrogens is 526 g/mol. The van der Waals surface area contributed by atoms with Gasteiger partial charge in [-0.3, -0.25) is 4.79 Å². The van der Waals surface area contributed by atoms with Crippen LogP contribution in [0.2, 0.25) is 0 Å². The number of nitrogens with one attached hydrogen (secondary N) is 2. The molecular formula is C35H33N3O4. The predicted octanol–water partition coefficient (Wildman–Crippen LogP) is 7.48. The number of nitrogens with zero attached hydrogens (tertiary/aromatic N) is 1. The highest BCUT2D eigenvalue weighted by Crippen LogP contribution is 2.41. The number of aromatic nitrogens is 1. The minimum atomic E-state index is -0.502. The van der Waals surface area contributed by atoms with E-state index in [1.165, 1.54) is 0 Å². The summed E-state index contributed by atoms with van der Waals surface area (Å²) in [5.74, 6) is 1.13. The fourth-order valence-corrected chi connectivity index (χ4v) is 5.50. The Kier molecular flexibility index (Phi) is 6.94. The van der Waals surface area contributed by atoms with Crippen LogP contribution >= 0.6 is 0 Å². The van der Waals surface area contributed by atoms with E-state index in [1.54, 1.807) is 19.2 Å². The molecule has 0 aliphatic carbocycles. The highest BCUT2D eigenvalue weighted by atomic mass is 16.6. The zero-order valence-corrected chi connectivity index (χ0v) is 24.1. The van der Waals surface area contributed by atoms with E-state index < -0.39 is 6.09 Å². The van der Waals surface area contributed by atoms with Crippen molar-refractivity contribution in [2.45, 2.75) is 38.9 Å². The van der Waals surface area contributed by atoms with E-state index in [4.69, 9.17) is 9.47 Å². The van der Waals surface area contributed by atoms with Crippen LogP contribution in [0.4, 0.5) is 4.79 Å². The number of carbonyl (C=O) groups excluding carboxylic acids is 2. The fourth-order valence-electron chi connectivity index (χ4n) is 5.50. The molecule has 5 aromatic rings. The maximum atomic E-state index is 14.1. The van der Waals surface area contributed by atoms with Crippen LogP contribution in [-0.4, -0.2) is 34.5 Å². The average molecular weight is 560 g/mol. The van der Waals surface area contributed by atoms with Crippen molar-refractivity contribution < 1.29 is 19.1 Å². The van der Waals surface area contributed by atoms with E-state index in [-0.39, 0.29) is 17.5 Å². The first-order chi connectivity index (χ1) is 20.2. The maximum absolute atomic E-state index is 14.1. The SMILES string of the molecule is COc1ccccc1[C@H](c1cc2ccccc2[nH]1)N1Cc2ccc(-c3ccc(OC(=O)NC(C)(C)C)cc3)cc2C1=O. The van der Waals surface area contributed by atoms with Crippen molar-refractivity contribution >= 4 is 22.9 Å². The lowest BCUT2D eigenvalue weighted by atomic mass is 10.00. The number of hydrogen-bond donors (Lipinski definition) is 2. The second-order valence-electron chi connectivity index (χ2n) is 11.6. The van der Waals surface area contributed by atoms with Gasteiger partial charge < -0.3 is 24.7 Å². The standard InChI is InChI=1S/C35H33N3O4/c1-35(2,3)37-34(40)42-26-17-15-22(16-18-26)23-13-14-25-21-38(33(39)28(25)19-23)32(27-10-6-8-12-31(27)41-4)30-20-24-9-5-7-11-29(24)36-30/h5-20,32,36H,21H2,1-4H3,(H,37,40)/t32-/m1/s1. The first kappa shape index (κ1) is 27.1. The van der Waals surface area contributed by atoms with Gasteiger partial charge in [0, 0.05) is 34.4 Å². The summed E-state index contributed by atoms with van der Waals surface area (Å²) in [4.78, 5) is 31.7. The van der Waals surface area contributed by atoms with Crippen LogP contribution in [-0.2, 0) is 6.54 Å². The van der Waals surface area contributed by atoms with Crippen LogP contribution in [0.15, 0.2) is 97.1 Å². The zero-order chi connectivity index (χ0) is 29.4. The van der Waals surface area contributed by atoms with Crippen LogP contribution in [0.5, 0.6) is 11.5 Å². The zero-order valence-electron chi connectivity index (χ0n) is 24.1. The second kappa shape index (κ2) is 10.7. The molecule has 0 fully saturated rings. The summed E-state index contributed by atoms with van der Waals surface area (Å²) in [6.45, 7) is 6.16. The first-order valence-corrected chi connectivity index (χ1v) is 13.9. The molecule has 6 rings (SSSR count).